The molecular formula is C19H20N2O6S. The summed E-state index contributed by atoms with van der Waals surface area (Å²) in [6, 6.07) is 10.8. The maximum atomic E-state index is 12.2. The Morgan fingerprint density at radius 1 is 1.18 bits per heavy atom. The minimum absolute atomic E-state index is 0.0488. The van der Waals surface area contributed by atoms with Crippen LogP contribution in [0.15, 0.2) is 47.4 Å². The Morgan fingerprint density at radius 2 is 1.96 bits per heavy atom. The molecule has 0 bridgehead atoms. The standard InChI is InChI=1S/C19H20N2O6S/c1-21(2)28(24,25)16-5-3-4-15(11-16)20-18(22)12-27-19(23)14-6-7-17-13(10-14)8-9-26-17/h3-7,10-11H,8-9,12H2,1-2H3,(H,20,22). The first-order chi connectivity index (χ1) is 13.3. The first kappa shape index (κ1) is 19.8. The first-order valence-corrected chi connectivity index (χ1v) is 9.96. The largest absolute Gasteiger partial charge is 0.493 e. The maximum Gasteiger partial charge on any atom is 0.338 e. The van der Waals surface area contributed by atoms with E-state index < -0.39 is 28.5 Å². The Morgan fingerprint density at radius 3 is 2.71 bits per heavy atom. The summed E-state index contributed by atoms with van der Waals surface area (Å²) < 4.78 is 35.8. The van der Waals surface area contributed by atoms with Crippen molar-refractivity contribution in [2.24, 2.45) is 0 Å². The van der Waals surface area contributed by atoms with Gasteiger partial charge in [0.25, 0.3) is 5.91 Å². The summed E-state index contributed by atoms with van der Waals surface area (Å²) in [7, 11) is -0.772. The lowest BCUT2D eigenvalue weighted by atomic mass is 10.1. The third-order valence-corrected chi connectivity index (χ3v) is 5.97. The zero-order valence-electron chi connectivity index (χ0n) is 15.5. The van der Waals surface area contributed by atoms with Gasteiger partial charge in [-0.15, -0.1) is 0 Å². The third-order valence-electron chi connectivity index (χ3n) is 4.16. The third kappa shape index (κ3) is 4.32. The van der Waals surface area contributed by atoms with Crippen LogP contribution in [0, 0.1) is 0 Å². The van der Waals surface area contributed by atoms with Crippen molar-refractivity contribution in [1.82, 2.24) is 4.31 Å². The van der Waals surface area contributed by atoms with Crippen molar-refractivity contribution >= 4 is 27.6 Å². The van der Waals surface area contributed by atoms with Gasteiger partial charge in [0.2, 0.25) is 10.0 Å². The number of anilines is 1. The number of esters is 1. The van der Waals surface area contributed by atoms with E-state index in [4.69, 9.17) is 9.47 Å². The van der Waals surface area contributed by atoms with Crippen LogP contribution in [0.3, 0.4) is 0 Å². The van der Waals surface area contributed by atoms with Gasteiger partial charge in [0.1, 0.15) is 5.75 Å². The van der Waals surface area contributed by atoms with Gasteiger partial charge in [-0.05, 0) is 42.0 Å². The molecule has 1 aliphatic rings. The second-order valence-corrected chi connectivity index (χ2v) is 8.51. The zero-order chi connectivity index (χ0) is 20.3. The van der Waals surface area contributed by atoms with Crippen LogP contribution in [0.4, 0.5) is 5.69 Å². The van der Waals surface area contributed by atoms with Gasteiger partial charge >= 0.3 is 5.97 Å². The molecule has 0 saturated carbocycles. The van der Waals surface area contributed by atoms with Gasteiger partial charge in [-0.2, -0.15) is 0 Å². The number of fused-ring (bicyclic) bond motifs is 1. The number of sulfonamides is 1. The molecular weight excluding hydrogens is 384 g/mol. The zero-order valence-corrected chi connectivity index (χ0v) is 16.3. The Kier molecular flexibility index (Phi) is 5.66. The molecule has 0 fully saturated rings. The van der Waals surface area contributed by atoms with Gasteiger partial charge in [-0.3, -0.25) is 4.79 Å². The van der Waals surface area contributed by atoms with Gasteiger partial charge in [0.15, 0.2) is 6.61 Å². The average Bonchev–Trinajstić information content (AvgIpc) is 3.14. The van der Waals surface area contributed by atoms with Crippen molar-refractivity contribution in [1.29, 1.82) is 0 Å². The Balaban J connectivity index is 1.59. The summed E-state index contributed by atoms with van der Waals surface area (Å²) in [5.41, 5.74) is 1.56. The monoisotopic (exact) mass is 404 g/mol. The van der Waals surface area contributed by atoms with Gasteiger partial charge in [0.05, 0.1) is 17.1 Å². The number of nitrogens with zero attached hydrogens (tertiary/aromatic N) is 1. The van der Waals surface area contributed by atoms with E-state index in [-0.39, 0.29) is 4.90 Å². The number of amides is 1. The van der Waals surface area contributed by atoms with Crippen molar-refractivity contribution < 1.29 is 27.5 Å². The molecule has 1 heterocycles. The SMILES string of the molecule is CN(C)S(=O)(=O)c1cccc(NC(=O)COC(=O)c2ccc3c(c2)CCO3)c1. The number of carbonyl (C=O) groups is 2. The number of carbonyl (C=O) groups excluding carboxylic acids is 2. The van der Waals surface area contributed by atoms with Crippen LogP contribution in [-0.2, 0) is 26.0 Å². The number of hydrogen-bond acceptors (Lipinski definition) is 6. The normalized spacial score (nSPS) is 13.0. The minimum Gasteiger partial charge on any atom is -0.493 e. The quantitative estimate of drug-likeness (QED) is 0.735. The van der Waals surface area contributed by atoms with Crippen LogP contribution in [0.2, 0.25) is 0 Å². The average molecular weight is 404 g/mol. The molecule has 0 radical (unpaired) electrons. The van der Waals surface area contributed by atoms with Crippen molar-refractivity contribution in [3.8, 4) is 5.75 Å². The molecule has 0 spiro atoms. The fraction of sp³-hybridized carbons (Fsp3) is 0.263. The summed E-state index contributed by atoms with van der Waals surface area (Å²) >= 11 is 0. The highest BCUT2D eigenvalue weighted by atomic mass is 32.2. The topological polar surface area (TPSA) is 102 Å². The van der Waals surface area contributed by atoms with Gasteiger partial charge < -0.3 is 14.8 Å². The Hall–Kier alpha value is -2.91. The number of benzene rings is 2. The predicted octanol–water partition coefficient (Wildman–Crippen LogP) is 1.67. The van der Waals surface area contributed by atoms with Crippen LogP contribution in [0.1, 0.15) is 15.9 Å². The van der Waals surface area contributed by atoms with Crippen molar-refractivity contribution in [2.75, 3.05) is 32.6 Å². The number of rotatable bonds is 6. The van der Waals surface area contributed by atoms with E-state index in [1.165, 1.54) is 32.3 Å². The van der Waals surface area contributed by atoms with Crippen LogP contribution < -0.4 is 10.1 Å². The summed E-state index contributed by atoms with van der Waals surface area (Å²) in [4.78, 5) is 24.2. The van der Waals surface area contributed by atoms with Crippen LogP contribution in [-0.4, -0.2) is 51.9 Å². The number of nitrogens with one attached hydrogen (secondary N) is 1. The van der Waals surface area contributed by atoms with Gasteiger partial charge in [-0.25, -0.2) is 17.5 Å². The molecule has 2 aromatic carbocycles. The lowest BCUT2D eigenvalue weighted by molar-refractivity contribution is -0.119. The Labute approximate surface area is 163 Å². The lowest BCUT2D eigenvalue weighted by Crippen LogP contribution is -2.23. The summed E-state index contributed by atoms with van der Waals surface area (Å²) in [5.74, 6) is -0.437. The highest BCUT2D eigenvalue weighted by Gasteiger charge is 2.19. The van der Waals surface area contributed by atoms with Crippen molar-refractivity contribution in [3.05, 3.63) is 53.6 Å². The molecule has 1 amide bonds. The second-order valence-electron chi connectivity index (χ2n) is 6.36. The maximum absolute atomic E-state index is 12.2. The molecule has 0 atom stereocenters. The summed E-state index contributed by atoms with van der Waals surface area (Å²) in [6.45, 7) is 0.0932. The molecule has 0 aliphatic carbocycles. The molecule has 1 N–H and O–H groups in total. The fourth-order valence-electron chi connectivity index (χ4n) is 2.67. The fourth-order valence-corrected chi connectivity index (χ4v) is 3.62. The molecule has 3 rings (SSSR count). The highest BCUT2D eigenvalue weighted by molar-refractivity contribution is 7.89. The van der Waals surface area contributed by atoms with Crippen LogP contribution in [0.25, 0.3) is 0 Å². The highest BCUT2D eigenvalue weighted by Crippen LogP contribution is 2.26. The molecule has 0 saturated heterocycles. The van der Waals surface area contributed by atoms with E-state index in [2.05, 4.69) is 5.32 Å². The molecule has 0 aromatic heterocycles. The number of hydrogen-bond donors (Lipinski definition) is 1. The van der Waals surface area contributed by atoms with Gasteiger partial charge in [0, 0.05) is 26.2 Å². The molecule has 2 aromatic rings. The van der Waals surface area contributed by atoms with E-state index in [1.807, 2.05) is 0 Å². The van der Waals surface area contributed by atoms with Crippen LogP contribution >= 0.6 is 0 Å². The van der Waals surface area contributed by atoms with Gasteiger partial charge in [-0.1, -0.05) is 6.07 Å². The molecule has 8 nitrogen and oxygen atoms in total. The molecule has 9 heteroatoms. The summed E-state index contributed by atoms with van der Waals surface area (Å²) in [6.07, 6.45) is 0.725. The lowest BCUT2D eigenvalue weighted by Gasteiger charge is -2.12. The first-order valence-electron chi connectivity index (χ1n) is 8.52. The van der Waals surface area contributed by atoms with E-state index in [0.717, 1.165) is 22.0 Å². The smallest absolute Gasteiger partial charge is 0.338 e. The van der Waals surface area contributed by atoms with E-state index in [0.29, 0.717) is 17.9 Å². The van der Waals surface area contributed by atoms with Crippen LogP contribution in [0.5, 0.6) is 5.75 Å². The van der Waals surface area contributed by atoms with Crippen molar-refractivity contribution in [3.63, 3.8) is 0 Å². The van der Waals surface area contributed by atoms with E-state index in [9.17, 15) is 18.0 Å². The van der Waals surface area contributed by atoms with E-state index in [1.54, 1.807) is 24.3 Å². The molecule has 1 aliphatic heterocycles. The number of ether oxygens (including phenoxy) is 2. The predicted molar refractivity (Wildman–Crippen MR) is 102 cm³/mol. The molecule has 28 heavy (non-hydrogen) atoms. The van der Waals surface area contributed by atoms with E-state index >= 15 is 0 Å². The second kappa shape index (κ2) is 7.99. The Bertz CT molecular complexity index is 1020. The molecule has 0 unspecified atom stereocenters. The molecule has 148 valence electrons. The van der Waals surface area contributed by atoms with Crippen molar-refractivity contribution in [2.45, 2.75) is 11.3 Å². The minimum atomic E-state index is -3.62. The summed E-state index contributed by atoms with van der Waals surface area (Å²) in [5, 5.41) is 2.52.